The molecule has 0 aromatic heterocycles. The van der Waals surface area contributed by atoms with Gasteiger partial charge in [-0.2, -0.15) is 0 Å². The Labute approximate surface area is 125 Å². The minimum absolute atomic E-state index is 0.137. The van der Waals surface area contributed by atoms with E-state index in [1.807, 2.05) is 20.8 Å². The van der Waals surface area contributed by atoms with Crippen LogP contribution in [0.15, 0.2) is 24.3 Å². The highest BCUT2D eigenvalue weighted by Crippen LogP contribution is 2.13. The van der Waals surface area contributed by atoms with E-state index in [1.165, 1.54) is 25.1 Å². The molecule has 0 aliphatic carbocycles. The molecule has 0 heterocycles. The zero-order valence-corrected chi connectivity index (χ0v) is 13.4. The zero-order chi connectivity index (χ0) is 16.3. The van der Waals surface area contributed by atoms with Gasteiger partial charge >= 0.3 is 0 Å². The van der Waals surface area contributed by atoms with E-state index in [4.69, 9.17) is 0 Å². The summed E-state index contributed by atoms with van der Waals surface area (Å²) in [5.41, 5.74) is -0.288. The molecule has 1 aromatic rings. The highest BCUT2D eigenvalue weighted by Gasteiger charge is 2.24. The summed E-state index contributed by atoms with van der Waals surface area (Å²) in [5, 5.41) is 2.72. The third-order valence-corrected chi connectivity index (χ3v) is 4.00. The second-order valence-electron chi connectivity index (χ2n) is 6.03. The van der Waals surface area contributed by atoms with Gasteiger partial charge in [-0.1, -0.05) is 13.0 Å². The summed E-state index contributed by atoms with van der Waals surface area (Å²) in [5.74, 6) is -1.96. The van der Waals surface area contributed by atoms with Crippen LogP contribution in [0.4, 0.5) is 10.1 Å². The molecular weight excluding hydrogens is 295 g/mol. The van der Waals surface area contributed by atoms with Gasteiger partial charge in [0.25, 0.3) is 0 Å². The van der Waals surface area contributed by atoms with Crippen LogP contribution in [0.3, 0.4) is 0 Å². The molecule has 21 heavy (non-hydrogen) atoms. The first-order chi connectivity index (χ1) is 9.48. The molecule has 2 N–H and O–H groups in total. The monoisotopic (exact) mass is 316 g/mol. The lowest BCUT2D eigenvalue weighted by atomic mass is 10.1. The van der Waals surface area contributed by atoms with Crippen LogP contribution in [0.25, 0.3) is 0 Å². The molecule has 0 aliphatic rings. The molecule has 5 nitrogen and oxygen atoms in total. The molecule has 0 saturated heterocycles. The second kappa shape index (κ2) is 6.43. The minimum Gasteiger partial charge on any atom is -0.351 e. The Bertz CT molecular complexity index is 609. The average molecular weight is 316 g/mol. The van der Waals surface area contributed by atoms with E-state index >= 15 is 0 Å². The Morgan fingerprint density at radius 1 is 1.33 bits per heavy atom. The van der Waals surface area contributed by atoms with Crippen LogP contribution in [-0.4, -0.2) is 25.6 Å². The maximum Gasteiger partial charge on any atom is 0.233 e. The van der Waals surface area contributed by atoms with Gasteiger partial charge in [0.1, 0.15) is 5.82 Å². The largest absolute Gasteiger partial charge is 0.351 e. The number of anilines is 1. The van der Waals surface area contributed by atoms with E-state index in [0.717, 1.165) is 6.07 Å². The first kappa shape index (κ1) is 17.4. The molecule has 0 radical (unpaired) electrons. The number of carbonyl (C=O) groups excluding carboxylic acids is 1. The third-order valence-electron chi connectivity index (χ3n) is 2.51. The molecule has 0 spiro atoms. The Kier molecular flexibility index (Phi) is 5.33. The van der Waals surface area contributed by atoms with Gasteiger partial charge in [-0.05, 0) is 39.0 Å². The normalized spacial score (nSPS) is 13.6. The highest BCUT2D eigenvalue weighted by molar-refractivity contribution is 7.92. The lowest BCUT2D eigenvalue weighted by molar-refractivity contribution is -0.125. The van der Waals surface area contributed by atoms with Gasteiger partial charge in [-0.15, -0.1) is 0 Å². The first-order valence-electron chi connectivity index (χ1n) is 6.56. The molecular formula is C14H21FN2O3S. The second-order valence-corrected chi connectivity index (χ2v) is 7.80. The van der Waals surface area contributed by atoms with Crippen molar-refractivity contribution in [1.82, 2.24) is 5.32 Å². The summed E-state index contributed by atoms with van der Waals surface area (Å²) in [6, 6.07) is 5.15. The minimum atomic E-state index is -3.73. The van der Waals surface area contributed by atoms with Crippen LogP contribution >= 0.6 is 0 Å². The lowest BCUT2D eigenvalue weighted by Gasteiger charge is -2.23. The van der Waals surface area contributed by atoms with Crippen LogP contribution in [0, 0.1) is 11.7 Å². The van der Waals surface area contributed by atoms with Crippen molar-refractivity contribution in [3.63, 3.8) is 0 Å². The quantitative estimate of drug-likeness (QED) is 0.873. The number of sulfonamides is 1. The summed E-state index contributed by atoms with van der Waals surface area (Å²) in [7, 11) is -3.73. The summed E-state index contributed by atoms with van der Waals surface area (Å²) in [6.07, 6.45) is 0. The SMILES string of the molecule is CC(CS(=O)(=O)Nc1cccc(F)c1)C(=O)NC(C)(C)C. The predicted molar refractivity (Wildman–Crippen MR) is 80.9 cm³/mol. The fourth-order valence-electron chi connectivity index (χ4n) is 1.67. The van der Waals surface area contributed by atoms with E-state index in [2.05, 4.69) is 10.0 Å². The summed E-state index contributed by atoms with van der Waals surface area (Å²) >= 11 is 0. The lowest BCUT2D eigenvalue weighted by Crippen LogP contribution is -2.45. The number of rotatable bonds is 5. The standard InChI is InChI=1S/C14H21FN2O3S/c1-10(13(18)16-14(2,3)4)9-21(19,20)17-12-7-5-6-11(15)8-12/h5-8,10,17H,9H2,1-4H3,(H,16,18). The summed E-state index contributed by atoms with van der Waals surface area (Å²) < 4.78 is 39.2. The van der Waals surface area contributed by atoms with Crippen LogP contribution < -0.4 is 10.0 Å². The van der Waals surface area contributed by atoms with E-state index in [0.29, 0.717) is 0 Å². The first-order valence-corrected chi connectivity index (χ1v) is 8.22. The Hall–Kier alpha value is -1.63. The van der Waals surface area contributed by atoms with Crippen molar-refractivity contribution < 1.29 is 17.6 Å². The van der Waals surface area contributed by atoms with Gasteiger partial charge in [-0.3, -0.25) is 9.52 Å². The Morgan fingerprint density at radius 2 is 1.95 bits per heavy atom. The van der Waals surface area contributed by atoms with E-state index in [-0.39, 0.29) is 17.3 Å². The Balaban J connectivity index is 2.70. The van der Waals surface area contributed by atoms with Crippen molar-refractivity contribution in [2.45, 2.75) is 33.2 Å². The molecule has 1 aromatic carbocycles. The molecule has 1 atom stereocenters. The molecule has 7 heteroatoms. The fourth-order valence-corrected chi connectivity index (χ4v) is 3.05. The highest BCUT2D eigenvalue weighted by atomic mass is 32.2. The van der Waals surface area contributed by atoms with Gasteiger partial charge in [0.15, 0.2) is 0 Å². The van der Waals surface area contributed by atoms with Crippen LogP contribution in [0.1, 0.15) is 27.7 Å². The molecule has 1 rings (SSSR count). The fraction of sp³-hybridized carbons (Fsp3) is 0.500. The smallest absolute Gasteiger partial charge is 0.233 e. The van der Waals surface area contributed by atoms with Crippen molar-refractivity contribution in [1.29, 1.82) is 0 Å². The molecule has 0 aliphatic heterocycles. The van der Waals surface area contributed by atoms with E-state index < -0.39 is 27.3 Å². The van der Waals surface area contributed by atoms with Crippen molar-refractivity contribution in [2.24, 2.45) is 5.92 Å². The maximum atomic E-state index is 13.0. The molecule has 0 saturated carbocycles. The maximum absolute atomic E-state index is 13.0. The number of hydrogen-bond acceptors (Lipinski definition) is 3. The molecule has 1 amide bonds. The summed E-state index contributed by atoms with van der Waals surface area (Å²) in [6.45, 7) is 6.98. The number of benzene rings is 1. The molecule has 118 valence electrons. The average Bonchev–Trinajstić information content (AvgIpc) is 2.24. The van der Waals surface area contributed by atoms with Gasteiger partial charge in [0.2, 0.25) is 15.9 Å². The van der Waals surface area contributed by atoms with Crippen molar-refractivity contribution in [3.8, 4) is 0 Å². The number of hydrogen-bond donors (Lipinski definition) is 2. The number of amides is 1. The number of nitrogens with one attached hydrogen (secondary N) is 2. The van der Waals surface area contributed by atoms with E-state index in [1.54, 1.807) is 0 Å². The van der Waals surface area contributed by atoms with Crippen LogP contribution in [0.2, 0.25) is 0 Å². The van der Waals surface area contributed by atoms with Crippen molar-refractivity contribution in [2.75, 3.05) is 10.5 Å². The number of carbonyl (C=O) groups is 1. The molecule has 0 fully saturated rings. The third kappa shape index (κ3) is 6.57. The summed E-state index contributed by atoms with van der Waals surface area (Å²) in [4.78, 5) is 11.9. The Morgan fingerprint density at radius 3 is 2.48 bits per heavy atom. The predicted octanol–water partition coefficient (Wildman–Crippen LogP) is 2.12. The topological polar surface area (TPSA) is 75.3 Å². The van der Waals surface area contributed by atoms with Gasteiger partial charge in [0.05, 0.1) is 17.4 Å². The van der Waals surface area contributed by atoms with Crippen molar-refractivity contribution >= 4 is 21.6 Å². The van der Waals surface area contributed by atoms with Gasteiger partial charge < -0.3 is 5.32 Å². The van der Waals surface area contributed by atoms with Crippen LogP contribution in [0.5, 0.6) is 0 Å². The number of halogens is 1. The molecule has 1 unspecified atom stereocenters. The van der Waals surface area contributed by atoms with Gasteiger partial charge in [-0.25, -0.2) is 12.8 Å². The molecule has 0 bridgehead atoms. The van der Waals surface area contributed by atoms with E-state index in [9.17, 15) is 17.6 Å². The van der Waals surface area contributed by atoms with Crippen molar-refractivity contribution in [3.05, 3.63) is 30.1 Å². The van der Waals surface area contributed by atoms with Crippen LogP contribution in [-0.2, 0) is 14.8 Å². The zero-order valence-electron chi connectivity index (χ0n) is 12.6. The van der Waals surface area contributed by atoms with Gasteiger partial charge in [0, 0.05) is 5.54 Å².